The molecule has 0 spiro atoms. The minimum Gasteiger partial charge on any atom is -0.385 e. The number of benzene rings is 2. The van der Waals surface area contributed by atoms with E-state index in [0.29, 0.717) is 6.54 Å². The summed E-state index contributed by atoms with van der Waals surface area (Å²) < 4.78 is 0. The Labute approximate surface area is 112 Å². The number of rotatable bonds is 3. The van der Waals surface area contributed by atoms with Crippen LogP contribution in [0.3, 0.4) is 0 Å². The van der Waals surface area contributed by atoms with E-state index < -0.39 is 0 Å². The molecule has 3 rings (SSSR count). The van der Waals surface area contributed by atoms with E-state index >= 15 is 0 Å². The molecule has 0 saturated carbocycles. The van der Waals surface area contributed by atoms with E-state index in [1.54, 1.807) is 0 Å². The lowest BCUT2D eigenvalue weighted by atomic mass is 10.1. The van der Waals surface area contributed by atoms with E-state index in [2.05, 4.69) is 5.32 Å². The first kappa shape index (κ1) is 11.8. The number of carbonyl (C=O) groups excluding carboxylic acids is 1. The Balaban J connectivity index is 2.00. The molecule has 0 unspecified atom stereocenters. The topological polar surface area (TPSA) is 32.3 Å². The molecule has 1 amide bonds. The highest BCUT2D eigenvalue weighted by Crippen LogP contribution is 2.32. The first-order valence-corrected chi connectivity index (χ1v) is 6.54. The van der Waals surface area contributed by atoms with Gasteiger partial charge in [0.05, 0.1) is 12.1 Å². The summed E-state index contributed by atoms with van der Waals surface area (Å²) in [5, 5.41) is 3.26. The maximum absolute atomic E-state index is 12.6. The number of para-hydroxylation sites is 1. The number of hydrogen-bond donors (Lipinski definition) is 1. The molecule has 3 heteroatoms. The average Bonchev–Trinajstić information content (AvgIpc) is 2.79. The van der Waals surface area contributed by atoms with Crippen LogP contribution in [0.5, 0.6) is 0 Å². The van der Waals surface area contributed by atoms with Crippen molar-refractivity contribution in [1.29, 1.82) is 0 Å². The van der Waals surface area contributed by atoms with Gasteiger partial charge in [-0.2, -0.15) is 0 Å². The Morgan fingerprint density at radius 1 is 1.11 bits per heavy atom. The van der Waals surface area contributed by atoms with Gasteiger partial charge in [-0.1, -0.05) is 30.3 Å². The van der Waals surface area contributed by atoms with Gasteiger partial charge in [0, 0.05) is 17.9 Å². The van der Waals surface area contributed by atoms with E-state index in [9.17, 15) is 4.79 Å². The molecule has 19 heavy (non-hydrogen) atoms. The van der Waals surface area contributed by atoms with Gasteiger partial charge in [0.2, 0.25) is 0 Å². The molecule has 0 atom stereocenters. The molecule has 1 heterocycles. The zero-order chi connectivity index (χ0) is 13.2. The quantitative estimate of drug-likeness (QED) is 0.909. The molecular weight excluding hydrogens is 236 g/mol. The number of amides is 1. The van der Waals surface area contributed by atoms with Crippen molar-refractivity contribution in [2.24, 2.45) is 0 Å². The fraction of sp³-hybridized carbons (Fsp3) is 0.188. The van der Waals surface area contributed by atoms with Crippen molar-refractivity contribution < 1.29 is 4.79 Å². The minimum absolute atomic E-state index is 0.0813. The van der Waals surface area contributed by atoms with Gasteiger partial charge in [0.1, 0.15) is 0 Å². The third kappa shape index (κ3) is 1.97. The molecule has 1 aliphatic rings. The predicted molar refractivity (Wildman–Crippen MR) is 77.6 cm³/mol. The molecule has 0 radical (unpaired) electrons. The van der Waals surface area contributed by atoms with Crippen molar-refractivity contribution in [3.05, 3.63) is 59.7 Å². The van der Waals surface area contributed by atoms with Crippen LogP contribution in [0.15, 0.2) is 48.5 Å². The lowest BCUT2D eigenvalue weighted by molar-refractivity contribution is 0.0997. The molecule has 96 valence electrons. The zero-order valence-electron chi connectivity index (χ0n) is 10.9. The Hall–Kier alpha value is -2.29. The predicted octanol–water partition coefficient (Wildman–Crippen LogP) is 3.28. The van der Waals surface area contributed by atoms with Crippen LogP contribution < -0.4 is 10.2 Å². The smallest absolute Gasteiger partial charge is 0.261 e. The number of nitrogens with zero attached hydrogens (tertiary/aromatic N) is 1. The second-order valence-electron chi connectivity index (χ2n) is 4.60. The van der Waals surface area contributed by atoms with Crippen LogP contribution in [0.2, 0.25) is 0 Å². The maximum atomic E-state index is 12.6. The van der Waals surface area contributed by atoms with E-state index in [0.717, 1.165) is 29.0 Å². The van der Waals surface area contributed by atoms with Crippen LogP contribution in [0.4, 0.5) is 11.4 Å². The molecular formula is C16H16N2O. The minimum atomic E-state index is 0.0813. The monoisotopic (exact) mass is 252 g/mol. The summed E-state index contributed by atoms with van der Waals surface area (Å²) in [7, 11) is 0. The lowest BCUT2D eigenvalue weighted by Crippen LogP contribution is -2.23. The van der Waals surface area contributed by atoms with Gasteiger partial charge in [-0.05, 0) is 30.7 Å². The van der Waals surface area contributed by atoms with Crippen LogP contribution in [0.1, 0.15) is 22.8 Å². The summed E-state index contributed by atoms with van der Waals surface area (Å²) in [5.74, 6) is 0.0813. The van der Waals surface area contributed by atoms with E-state index in [1.807, 2.05) is 60.4 Å². The largest absolute Gasteiger partial charge is 0.385 e. The third-order valence-electron chi connectivity index (χ3n) is 3.37. The number of fused-ring (bicyclic) bond motifs is 1. The zero-order valence-corrected chi connectivity index (χ0v) is 10.9. The number of nitrogens with one attached hydrogen (secondary N) is 1. The molecule has 2 aromatic carbocycles. The van der Waals surface area contributed by atoms with Crippen molar-refractivity contribution in [3.8, 4) is 0 Å². The number of hydrogen-bond acceptors (Lipinski definition) is 2. The van der Waals surface area contributed by atoms with Crippen molar-refractivity contribution >= 4 is 17.3 Å². The van der Waals surface area contributed by atoms with Crippen LogP contribution in [0.25, 0.3) is 0 Å². The van der Waals surface area contributed by atoms with E-state index in [4.69, 9.17) is 0 Å². The highest BCUT2D eigenvalue weighted by atomic mass is 16.2. The average molecular weight is 252 g/mol. The molecule has 0 saturated heterocycles. The summed E-state index contributed by atoms with van der Waals surface area (Å²) in [6.45, 7) is 3.50. The standard InChI is InChI=1S/C16H16N2O/c1-2-17-14-10-6-7-12-11-18(16(19)15(12)14)13-8-4-3-5-9-13/h3-10,17H,2,11H2,1H3. The first-order chi connectivity index (χ1) is 9.31. The molecule has 0 bridgehead atoms. The first-order valence-electron chi connectivity index (χ1n) is 6.54. The van der Waals surface area contributed by atoms with Gasteiger partial charge < -0.3 is 10.2 Å². The Kier molecular flexibility index (Phi) is 2.95. The molecule has 0 aromatic heterocycles. The van der Waals surface area contributed by atoms with Gasteiger partial charge in [-0.25, -0.2) is 0 Å². The van der Waals surface area contributed by atoms with Crippen molar-refractivity contribution in [1.82, 2.24) is 0 Å². The Morgan fingerprint density at radius 2 is 1.89 bits per heavy atom. The van der Waals surface area contributed by atoms with Gasteiger partial charge in [0.25, 0.3) is 5.91 Å². The second-order valence-corrected chi connectivity index (χ2v) is 4.60. The molecule has 1 N–H and O–H groups in total. The van der Waals surface area contributed by atoms with Crippen LogP contribution in [0, 0.1) is 0 Å². The summed E-state index contributed by atoms with van der Waals surface area (Å²) in [4.78, 5) is 14.4. The number of carbonyl (C=O) groups is 1. The van der Waals surface area contributed by atoms with Gasteiger partial charge in [0.15, 0.2) is 0 Å². The van der Waals surface area contributed by atoms with Crippen molar-refractivity contribution in [2.45, 2.75) is 13.5 Å². The van der Waals surface area contributed by atoms with Crippen LogP contribution in [-0.2, 0) is 6.54 Å². The molecule has 0 aliphatic carbocycles. The fourth-order valence-electron chi connectivity index (χ4n) is 2.52. The molecule has 0 fully saturated rings. The van der Waals surface area contributed by atoms with Gasteiger partial charge >= 0.3 is 0 Å². The highest BCUT2D eigenvalue weighted by Gasteiger charge is 2.30. The normalized spacial score (nSPS) is 13.5. The summed E-state index contributed by atoms with van der Waals surface area (Å²) in [6, 6.07) is 15.8. The molecule has 3 nitrogen and oxygen atoms in total. The number of anilines is 2. The highest BCUT2D eigenvalue weighted by molar-refractivity contribution is 6.13. The summed E-state index contributed by atoms with van der Waals surface area (Å²) >= 11 is 0. The summed E-state index contributed by atoms with van der Waals surface area (Å²) in [6.07, 6.45) is 0. The van der Waals surface area contributed by atoms with Crippen LogP contribution >= 0.6 is 0 Å². The molecule has 1 aliphatic heterocycles. The second kappa shape index (κ2) is 4.76. The van der Waals surface area contributed by atoms with Crippen molar-refractivity contribution in [3.63, 3.8) is 0 Å². The van der Waals surface area contributed by atoms with E-state index in [-0.39, 0.29) is 5.91 Å². The Morgan fingerprint density at radius 3 is 2.63 bits per heavy atom. The SMILES string of the molecule is CCNc1cccc2c1C(=O)N(c1ccccc1)C2. The third-order valence-corrected chi connectivity index (χ3v) is 3.37. The van der Waals surface area contributed by atoms with Gasteiger partial charge in [-0.3, -0.25) is 4.79 Å². The maximum Gasteiger partial charge on any atom is 0.261 e. The van der Waals surface area contributed by atoms with E-state index in [1.165, 1.54) is 0 Å². The fourth-order valence-corrected chi connectivity index (χ4v) is 2.52. The van der Waals surface area contributed by atoms with Gasteiger partial charge in [-0.15, -0.1) is 0 Å². The molecule has 2 aromatic rings. The van der Waals surface area contributed by atoms with Crippen LogP contribution in [-0.4, -0.2) is 12.5 Å². The summed E-state index contributed by atoms with van der Waals surface area (Å²) in [5.41, 5.74) is 3.79. The lowest BCUT2D eigenvalue weighted by Gasteiger charge is -2.15. The van der Waals surface area contributed by atoms with Crippen molar-refractivity contribution in [2.75, 3.05) is 16.8 Å². The Bertz CT molecular complexity index is 607.